The summed E-state index contributed by atoms with van der Waals surface area (Å²) in [6.45, 7) is 3.75. The van der Waals surface area contributed by atoms with E-state index in [1.165, 1.54) is 16.2 Å². The molecule has 1 unspecified atom stereocenters. The van der Waals surface area contributed by atoms with Gasteiger partial charge in [-0.3, -0.25) is 4.79 Å². The second-order valence-corrected chi connectivity index (χ2v) is 6.83. The van der Waals surface area contributed by atoms with Crippen molar-refractivity contribution in [2.75, 3.05) is 6.61 Å². The van der Waals surface area contributed by atoms with Crippen LogP contribution in [-0.4, -0.2) is 23.7 Å². The highest BCUT2D eigenvalue weighted by Crippen LogP contribution is 2.21. The molecule has 0 aliphatic carbocycles. The number of carbonyl (C=O) groups excluding carboxylic acids is 1. The molecule has 2 aromatic heterocycles. The van der Waals surface area contributed by atoms with Gasteiger partial charge in [-0.15, -0.1) is 22.7 Å². The van der Waals surface area contributed by atoms with Crippen LogP contribution in [0.2, 0.25) is 0 Å². The lowest BCUT2D eigenvalue weighted by molar-refractivity contribution is 0.0944. The largest absolute Gasteiger partial charge is 0.384 e. The first-order valence-electron chi connectivity index (χ1n) is 6.63. The molecule has 0 aliphatic rings. The normalized spacial score (nSPS) is 11.6. The molecule has 1 amide bonds. The molecule has 0 bridgehead atoms. The molecule has 0 spiro atoms. The third-order valence-corrected chi connectivity index (χ3v) is 4.94. The Morgan fingerprint density at radius 3 is 3.00 bits per heavy atom. The van der Waals surface area contributed by atoms with Gasteiger partial charge in [0.15, 0.2) is 0 Å². The van der Waals surface area contributed by atoms with Crippen LogP contribution < -0.4 is 5.32 Å². The van der Waals surface area contributed by atoms with Crippen LogP contribution in [0.3, 0.4) is 0 Å². The van der Waals surface area contributed by atoms with Gasteiger partial charge in [-0.05, 0) is 36.9 Å². The van der Waals surface area contributed by atoms with Crippen molar-refractivity contribution in [2.24, 2.45) is 0 Å². The molecule has 2 aromatic rings. The lowest BCUT2D eigenvalue weighted by Crippen LogP contribution is -2.33. The van der Waals surface area contributed by atoms with Gasteiger partial charge < -0.3 is 10.4 Å². The van der Waals surface area contributed by atoms with Gasteiger partial charge in [-0.25, -0.2) is 0 Å². The van der Waals surface area contributed by atoms with Crippen molar-refractivity contribution in [1.29, 1.82) is 0 Å². The molecule has 0 aromatic carbocycles. The predicted octanol–water partition coefficient (Wildman–Crippen LogP) is 2.82. The molecule has 5 heteroatoms. The predicted molar refractivity (Wildman–Crippen MR) is 88.0 cm³/mol. The summed E-state index contributed by atoms with van der Waals surface area (Å²) in [7, 11) is 0. The summed E-state index contributed by atoms with van der Waals surface area (Å²) in [6.07, 6.45) is 0.838. The molecule has 0 saturated carbocycles. The van der Waals surface area contributed by atoms with E-state index in [0.29, 0.717) is 4.88 Å². The van der Waals surface area contributed by atoms with Gasteiger partial charge in [-0.2, -0.15) is 0 Å². The summed E-state index contributed by atoms with van der Waals surface area (Å²) in [5, 5.41) is 13.8. The van der Waals surface area contributed by atoms with Crippen molar-refractivity contribution < 1.29 is 9.90 Å². The minimum Gasteiger partial charge on any atom is -0.384 e. The standard InChI is InChI=1S/C16H17NO2S2/c1-11-9-15(21-14(11)6-3-7-18)16(19)17-12(2)10-13-5-4-8-20-13/h4-5,8-9,12,18H,7,10H2,1-2H3,(H,17,19). The average Bonchev–Trinajstić information content (AvgIpc) is 3.06. The van der Waals surface area contributed by atoms with Crippen molar-refractivity contribution in [1.82, 2.24) is 5.32 Å². The number of carbonyl (C=O) groups is 1. The second-order valence-electron chi connectivity index (χ2n) is 4.74. The Hall–Kier alpha value is -1.61. The lowest BCUT2D eigenvalue weighted by atomic mass is 10.2. The Balaban J connectivity index is 2.00. The fourth-order valence-corrected chi connectivity index (χ4v) is 3.70. The summed E-state index contributed by atoms with van der Waals surface area (Å²) in [4.78, 5) is 15.0. The maximum atomic E-state index is 12.2. The van der Waals surface area contributed by atoms with Crippen molar-refractivity contribution in [3.05, 3.63) is 43.8 Å². The molecule has 110 valence electrons. The third-order valence-electron chi connectivity index (χ3n) is 2.89. The third kappa shape index (κ3) is 4.43. The number of nitrogens with one attached hydrogen (secondary N) is 1. The molecule has 0 fully saturated rings. The number of thiophene rings is 2. The zero-order valence-corrected chi connectivity index (χ0v) is 13.6. The lowest BCUT2D eigenvalue weighted by Gasteiger charge is -2.11. The fraction of sp³-hybridized carbons (Fsp3) is 0.312. The quantitative estimate of drug-likeness (QED) is 0.852. The van der Waals surface area contributed by atoms with Gasteiger partial charge in [-0.1, -0.05) is 17.9 Å². The first-order valence-corrected chi connectivity index (χ1v) is 8.33. The Bertz CT molecular complexity index is 662. The summed E-state index contributed by atoms with van der Waals surface area (Å²) in [5.74, 6) is 5.42. The Kier molecular flexibility index (Phi) is 5.57. The number of rotatable bonds is 4. The molecular weight excluding hydrogens is 302 g/mol. The zero-order valence-electron chi connectivity index (χ0n) is 12.0. The minimum atomic E-state index is -0.170. The van der Waals surface area contributed by atoms with Crippen LogP contribution in [0.4, 0.5) is 0 Å². The number of hydrogen-bond donors (Lipinski definition) is 2. The Morgan fingerprint density at radius 2 is 2.33 bits per heavy atom. The first-order chi connectivity index (χ1) is 10.1. The average molecular weight is 319 g/mol. The van der Waals surface area contributed by atoms with E-state index in [9.17, 15) is 4.79 Å². The molecule has 3 nitrogen and oxygen atoms in total. The Labute approximate surface area is 132 Å². The second kappa shape index (κ2) is 7.41. The van der Waals surface area contributed by atoms with E-state index in [1.54, 1.807) is 11.3 Å². The van der Waals surface area contributed by atoms with Crippen molar-refractivity contribution in [2.45, 2.75) is 26.3 Å². The molecule has 2 N–H and O–H groups in total. The summed E-state index contributed by atoms with van der Waals surface area (Å²) >= 11 is 3.06. The van der Waals surface area contributed by atoms with Gasteiger partial charge in [0.05, 0.1) is 9.75 Å². The maximum absolute atomic E-state index is 12.2. The smallest absolute Gasteiger partial charge is 0.261 e. The summed E-state index contributed by atoms with van der Waals surface area (Å²) in [5.41, 5.74) is 0.969. The van der Waals surface area contributed by atoms with E-state index < -0.39 is 0 Å². The molecular formula is C16H17NO2S2. The zero-order chi connectivity index (χ0) is 15.2. The number of hydrogen-bond acceptors (Lipinski definition) is 4. The molecule has 0 aliphatic heterocycles. The van der Waals surface area contributed by atoms with Crippen molar-refractivity contribution in [3.63, 3.8) is 0 Å². The first kappa shape index (κ1) is 15.8. The van der Waals surface area contributed by atoms with Crippen LogP contribution >= 0.6 is 22.7 Å². The monoisotopic (exact) mass is 319 g/mol. The topological polar surface area (TPSA) is 49.3 Å². The highest BCUT2D eigenvalue weighted by molar-refractivity contribution is 7.14. The van der Waals surface area contributed by atoms with Gasteiger partial charge in [0.2, 0.25) is 0 Å². The summed E-state index contributed by atoms with van der Waals surface area (Å²) in [6, 6.07) is 6.03. The van der Waals surface area contributed by atoms with Gasteiger partial charge in [0.25, 0.3) is 5.91 Å². The number of aliphatic hydroxyl groups excluding tert-OH is 1. The molecule has 2 heterocycles. The molecule has 1 atom stereocenters. The maximum Gasteiger partial charge on any atom is 0.261 e. The molecule has 0 saturated heterocycles. The Morgan fingerprint density at radius 1 is 1.52 bits per heavy atom. The van der Waals surface area contributed by atoms with Crippen LogP contribution in [0.5, 0.6) is 0 Å². The van der Waals surface area contributed by atoms with E-state index in [4.69, 9.17) is 5.11 Å². The van der Waals surface area contributed by atoms with E-state index >= 15 is 0 Å². The highest BCUT2D eigenvalue weighted by atomic mass is 32.1. The van der Waals surface area contributed by atoms with Crippen LogP contribution in [0.25, 0.3) is 0 Å². The molecule has 21 heavy (non-hydrogen) atoms. The van der Waals surface area contributed by atoms with Crippen LogP contribution in [0.1, 0.15) is 31.9 Å². The van der Waals surface area contributed by atoms with Gasteiger partial charge in [0, 0.05) is 17.3 Å². The van der Waals surface area contributed by atoms with Crippen LogP contribution in [0.15, 0.2) is 23.6 Å². The van der Waals surface area contributed by atoms with Gasteiger partial charge in [0.1, 0.15) is 6.61 Å². The fourth-order valence-electron chi connectivity index (χ4n) is 1.91. The van der Waals surface area contributed by atoms with E-state index in [2.05, 4.69) is 23.2 Å². The molecule has 0 radical (unpaired) electrons. The van der Waals surface area contributed by atoms with Crippen molar-refractivity contribution in [3.8, 4) is 11.8 Å². The number of amides is 1. The molecule has 2 rings (SSSR count). The minimum absolute atomic E-state index is 0.0656. The van der Waals surface area contributed by atoms with E-state index in [-0.39, 0.29) is 18.6 Å². The van der Waals surface area contributed by atoms with Gasteiger partial charge >= 0.3 is 0 Å². The van der Waals surface area contributed by atoms with E-state index in [1.807, 2.05) is 31.4 Å². The van der Waals surface area contributed by atoms with E-state index in [0.717, 1.165) is 16.9 Å². The van der Waals surface area contributed by atoms with Crippen molar-refractivity contribution >= 4 is 28.6 Å². The summed E-state index contributed by atoms with van der Waals surface area (Å²) < 4.78 is 0. The van der Waals surface area contributed by atoms with Crippen LogP contribution in [0, 0.1) is 18.8 Å². The SMILES string of the molecule is Cc1cc(C(=O)NC(C)Cc2cccs2)sc1C#CCO. The number of aliphatic hydroxyl groups is 1. The van der Waals surface area contributed by atoms with Crippen LogP contribution in [-0.2, 0) is 6.42 Å². The number of aryl methyl sites for hydroxylation is 1. The highest BCUT2D eigenvalue weighted by Gasteiger charge is 2.14.